The van der Waals surface area contributed by atoms with Crippen LogP contribution >= 0.6 is 0 Å². The molecule has 2 rings (SSSR count). The topological polar surface area (TPSA) is 88.0 Å². The van der Waals surface area contributed by atoms with E-state index in [2.05, 4.69) is 10.2 Å². The molecule has 0 fully saturated rings. The molecule has 6 nitrogen and oxygen atoms in total. The average Bonchev–Trinajstić information content (AvgIpc) is 2.76. The largest absolute Gasteiger partial charge is 0.479 e. The molecule has 0 bridgehead atoms. The number of rotatable bonds is 3. The molecular formula is C11H11N3O3. The molecule has 6 heteroatoms. The van der Waals surface area contributed by atoms with E-state index in [-0.39, 0.29) is 0 Å². The SMILES string of the molecule is CC(C(=O)O)(c1ccccc1)n1cn[nH]c1=O. The predicted molar refractivity (Wildman–Crippen MR) is 59.7 cm³/mol. The fourth-order valence-corrected chi connectivity index (χ4v) is 1.69. The number of benzene rings is 1. The van der Waals surface area contributed by atoms with Crippen molar-refractivity contribution < 1.29 is 9.90 Å². The fourth-order valence-electron chi connectivity index (χ4n) is 1.69. The molecule has 17 heavy (non-hydrogen) atoms. The third-order valence-electron chi connectivity index (χ3n) is 2.79. The van der Waals surface area contributed by atoms with Gasteiger partial charge >= 0.3 is 11.7 Å². The third-order valence-corrected chi connectivity index (χ3v) is 2.79. The zero-order chi connectivity index (χ0) is 12.5. The molecule has 88 valence electrons. The van der Waals surface area contributed by atoms with Gasteiger partial charge in [0.15, 0.2) is 5.54 Å². The van der Waals surface area contributed by atoms with Crippen LogP contribution in [-0.4, -0.2) is 25.8 Å². The van der Waals surface area contributed by atoms with E-state index in [4.69, 9.17) is 0 Å². The lowest BCUT2D eigenvalue weighted by Crippen LogP contribution is -2.44. The molecular weight excluding hydrogens is 222 g/mol. The Morgan fingerprint density at radius 2 is 2.06 bits per heavy atom. The van der Waals surface area contributed by atoms with Crippen molar-refractivity contribution in [2.45, 2.75) is 12.5 Å². The van der Waals surface area contributed by atoms with Crippen LogP contribution in [0.3, 0.4) is 0 Å². The Labute approximate surface area is 96.5 Å². The Bertz CT molecular complexity index is 587. The number of aromatic nitrogens is 3. The number of hydrogen-bond donors (Lipinski definition) is 2. The maximum atomic E-state index is 11.5. The van der Waals surface area contributed by atoms with Crippen LogP contribution in [0.1, 0.15) is 12.5 Å². The molecule has 1 atom stereocenters. The van der Waals surface area contributed by atoms with E-state index in [1.54, 1.807) is 30.3 Å². The normalized spacial score (nSPS) is 14.2. The smallest absolute Gasteiger partial charge is 0.344 e. The van der Waals surface area contributed by atoms with Gasteiger partial charge in [-0.3, -0.25) is 4.57 Å². The van der Waals surface area contributed by atoms with Crippen LogP contribution in [-0.2, 0) is 10.3 Å². The summed E-state index contributed by atoms with van der Waals surface area (Å²) >= 11 is 0. The first kappa shape index (κ1) is 11.1. The molecule has 0 saturated carbocycles. The molecule has 1 heterocycles. The van der Waals surface area contributed by atoms with Crippen LogP contribution in [0.25, 0.3) is 0 Å². The third kappa shape index (κ3) is 1.63. The summed E-state index contributed by atoms with van der Waals surface area (Å²) in [5, 5.41) is 15.1. The van der Waals surface area contributed by atoms with Crippen LogP contribution in [0.15, 0.2) is 41.5 Å². The molecule has 1 unspecified atom stereocenters. The highest BCUT2D eigenvalue weighted by Crippen LogP contribution is 2.24. The summed E-state index contributed by atoms with van der Waals surface area (Å²) in [7, 11) is 0. The average molecular weight is 233 g/mol. The number of H-pyrrole nitrogens is 1. The molecule has 0 aliphatic heterocycles. The quantitative estimate of drug-likeness (QED) is 0.804. The van der Waals surface area contributed by atoms with Crippen LogP contribution in [0.2, 0.25) is 0 Å². The van der Waals surface area contributed by atoms with Crippen molar-refractivity contribution >= 4 is 5.97 Å². The number of carboxylic acid groups (broad SMARTS) is 1. The maximum absolute atomic E-state index is 11.5. The monoisotopic (exact) mass is 233 g/mol. The van der Waals surface area contributed by atoms with Gasteiger partial charge in [0.05, 0.1) is 0 Å². The lowest BCUT2D eigenvalue weighted by atomic mass is 9.92. The molecule has 1 aromatic carbocycles. The van der Waals surface area contributed by atoms with Crippen molar-refractivity contribution in [1.82, 2.24) is 14.8 Å². The number of aromatic amines is 1. The standard InChI is InChI=1S/C11H11N3O3/c1-11(9(15)16,8-5-3-2-4-6-8)14-7-12-13-10(14)17/h2-7H,1H3,(H,13,17)(H,15,16). The fraction of sp³-hybridized carbons (Fsp3) is 0.182. The number of nitrogens with one attached hydrogen (secondary N) is 1. The maximum Gasteiger partial charge on any atom is 0.344 e. The van der Waals surface area contributed by atoms with Gasteiger partial charge in [-0.25, -0.2) is 14.7 Å². The van der Waals surface area contributed by atoms with Gasteiger partial charge < -0.3 is 5.11 Å². The first-order chi connectivity index (χ1) is 8.06. The van der Waals surface area contributed by atoms with Crippen molar-refractivity contribution in [1.29, 1.82) is 0 Å². The molecule has 2 N–H and O–H groups in total. The Hall–Kier alpha value is -2.37. The second-order valence-corrected chi connectivity index (χ2v) is 3.77. The zero-order valence-electron chi connectivity index (χ0n) is 9.12. The van der Waals surface area contributed by atoms with Crippen molar-refractivity contribution in [2.24, 2.45) is 0 Å². The van der Waals surface area contributed by atoms with Crippen molar-refractivity contribution in [3.05, 3.63) is 52.7 Å². The second kappa shape index (κ2) is 3.89. The second-order valence-electron chi connectivity index (χ2n) is 3.77. The van der Waals surface area contributed by atoms with E-state index in [1.807, 2.05) is 0 Å². The van der Waals surface area contributed by atoms with E-state index < -0.39 is 17.2 Å². The van der Waals surface area contributed by atoms with Crippen LogP contribution < -0.4 is 5.69 Å². The molecule has 0 spiro atoms. The molecule has 2 aromatic rings. The zero-order valence-corrected chi connectivity index (χ0v) is 9.12. The number of carboxylic acids is 1. The van der Waals surface area contributed by atoms with E-state index >= 15 is 0 Å². The molecule has 0 saturated heterocycles. The molecule has 0 amide bonds. The predicted octanol–water partition coefficient (Wildman–Crippen LogP) is 0.419. The van der Waals surface area contributed by atoms with Gasteiger partial charge in [0, 0.05) is 0 Å². The minimum Gasteiger partial charge on any atom is -0.479 e. The summed E-state index contributed by atoms with van der Waals surface area (Å²) in [6, 6.07) is 8.55. The van der Waals surface area contributed by atoms with Crippen molar-refractivity contribution in [3.8, 4) is 0 Å². The summed E-state index contributed by atoms with van der Waals surface area (Å²) in [4.78, 5) is 23.0. The van der Waals surface area contributed by atoms with Crippen molar-refractivity contribution in [2.75, 3.05) is 0 Å². The van der Waals surface area contributed by atoms with Gasteiger partial charge in [0.1, 0.15) is 6.33 Å². The van der Waals surface area contributed by atoms with E-state index in [0.717, 1.165) is 4.57 Å². The summed E-state index contributed by atoms with van der Waals surface area (Å²) < 4.78 is 1.06. The Balaban J connectivity index is 2.68. The highest BCUT2D eigenvalue weighted by atomic mass is 16.4. The number of nitrogens with zero attached hydrogens (tertiary/aromatic N) is 2. The summed E-state index contributed by atoms with van der Waals surface area (Å²) in [6.07, 6.45) is 1.18. The Morgan fingerprint density at radius 1 is 1.41 bits per heavy atom. The molecule has 1 aromatic heterocycles. The van der Waals surface area contributed by atoms with Gasteiger partial charge in [0.2, 0.25) is 0 Å². The summed E-state index contributed by atoms with van der Waals surface area (Å²) in [5.41, 5.74) is -1.51. The Kier molecular flexibility index (Phi) is 2.55. The minimum atomic E-state index is -1.47. The van der Waals surface area contributed by atoms with Gasteiger partial charge in [0.25, 0.3) is 0 Å². The van der Waals surface area contributed by atoms with Crippen LogP contribution in [0, 0.1) is 0 Å². The van der Waals surface area contributed by atoms with E-state index in [9.17, 15) is 14.7 Å². The number of carbonyl (C=O) groups is 1. The van der Waals surface area contributed by atoms with Crippen LogP contribution in [0.5, 0.6) is 0 Å². The summed E-state index contributed by atoms with van der Waals surface area (Å²) in [6.45, 7) is 1.46. The lowest BCUT2D eigenvalue weighted by Gasteiger charge is -2.25. The van der Waals surface area contributed by atoms with Gasteiger partial charge in [-0.1, -0.05) is 30.3 Å². The minimum absolute atomic E-state index is 0.510. The lowest BCUT2D eigenvalue weighted by molar-refractivity contribution is -0.144. The highest BCUT2D eigenvalue weighted by molar-refractivity contribution is 5.80. The van der Waals surface area contributed by atoms with E-state index in [1.165, 1.54) is 13.3 Å². The highest BCUT2D eigenvalue weighted by Gasteiger charge is 2.38. The van der Waals surface area contributed by atoms with Crippen molar-refractivity contribution in [3.63, 3.8) is 0 Å². The summed E-state index contributed by atoms with van der Waals surface area (Å²) in [5.74, 6) is -1.12. The molecule has 0 radical (unpaired) electrons. The molecule has 0 aliphatic carbocycles. The van der Waals surface area contributed by atoms with E-state index in [0.29, 0.717) is 5.56 Å². The number of aliphatic carboxylic acids is 1. The van der Waals surface area contributed by atoms with Crippen LogP contribution in [0.4, 0.5) is 0 Å². The van der Waals surface area contributed by atoms with Gasteiger partial charge in [-0.2, -0.15) is 5.10 Å². The number of hydrogen-bond acceptors (Lipinski definition) is 3. The van der Waals surface area contributed by atoms with Gasteiger partial charge in [-0.15, -0.1) is 0 Å². The Morgan fingerprint density at radius 3 is 2.53 bits per heavy atom. The van der Waals surface area contributed by atoms with Gasteiger partial charge in [-0.05, 0) is 12.5 Å². The molecule has 0 aliphatic rings. The first-order valence-corrected chi connectivity index (χ1v) is 4.98. The first-order valence-electron chi connectivity index (χ1n) is 4.98.